The van der Waals surface area contributed by atoms with E-state index in [0.29, 0.717) is 37.4 Å². The Hall–Kier alpha value is -2.38. The molecule has 166 valence electrons. The second-order valence-electron chi connectivity index (χ2n) is 8.96. The van der Waals surface area contributed by atoms with Crippen molar-refractivity contribution in [3.8, 4) is 17.0 Å². The van der Waals surface area contributed by atoms with Gasteiger partial charge in [0.25, 0.3) is 5.91 Å². The molecule has 2 saturated heterocycles. The van der Waals surface area contributed by atoms with Crippen LogP contribution >= 0.6 is 0 Å². The molecule has 5 rings (SSSR count). The molecule has 7 heteroatoms. The third-order valence-electron chi connectivity index (χ3n) is 7.13. The number of nitrogens with one attached hydrogen (secondary N) is 1. The molecule has 3 aliphatic heterocycles. The lowest BCUT2D eigenvalue weighted by molar-refractivity contribution is 0.0312. The van der Waals surface area contributed by atoms with Crippen molar-refractivity contribution in [2.75, 3.05) is 39.9 Å². The second kappa shape index (κ2) is 9.01. The quantitative estimate of drug-likeness (QED) is 0.770. The van der Waals surface area contributed by atoms with E-state index in [1.807, 2.05) is 29.2 Å². The molecule has 0 radical (unpaired) electrons. The number of para-hydroxylation sites is 1. The Morgan fingerprint density at radius 2 is 2.13 bits per heavy atom. The fraction of sp³-hybridized carbons (Fsp3) is 0.583. The van der Waals surface area contributed by atoms with Crippen molar-refractivity contribution < 1.29 is 14.3 Å². The van der Waals surface area contributed by atoms with E-state index in [9.17, 15) is 4.79 Å². The monoisotopic (exact) mass is 424 g/mol. The molecular weight excluding hydrogens is 392 g/mol. The van der Waals surface area contributed by atoms with Crippen LogP contribution in [0.3, 0.4) is 0 Å². The number of methoxy groups -OCH3 is 1. The molecule has 1 aromatic heterocycles. The number of aromatic nitrogens is 2. The lowest BCUT2D eigenvalue weighted by Gasteiger charge is -2.45. The van der Waals surface area contributed by atoms with E-state index in [1.54, 1.807) is 7.11 Å². The van der Waals surface area contributed by atoms with Crippen molar-refractivity contribution in [2.45, 2.75) is 44.8 Å². The summed E-state index contributed by atoms with van der Waals surface area (Å²) in [6.07, 6.45) is 6.26. The average molecular weight is 425 g/mol. The maximum atomic E-state index is 13.7. The molecule has 4 heterocycles. The zero-order chi connectivity index (χ0) is 21.2. The number of carbonyl (C=O) groups is 1. The first-order chi connectivity index (χ1) is 15.3. The lowest BCUT2D eigenvalue weighted by Crippen LogP contribution is -2.52. The number of carbonyl (C=O) groups excluding carboxylic acids is 1. The second-order valence-corrected chi connectivity index (χ2v) is 8.96. The first-order valence-corrected chi connectivity index (χ1v) is 11.6. The van der Waals surface area contributed by atoms with E-state index in [1.165, 1.54) is 45.2 Å². The van der Waals surface area contributed by atoms with E-state index in [4.69, 9.17) is 9.47 Å². The minimum Gasteiger partial charge on any atom is -0.488 e. The van der Waals surface area contributed by atoms with Crippen molar-refractivity contribution in [1.29, 1.82) is 0 Å². The number of fused-ring (bicyclic) bond motifs is 4. The fourth-order valence-corrected chi connectivity index (χ4v) is 5.55. The molecule has 1 aromatic carbocycles. The van der Waals surface area contributed by atoms with Crippen LogP contribution in [-0.4, -0.2) is 71.8 Å². The van der Waals surface area contributed by atoms with Gasteiger partial charge in [-0.1, -0.05) is 18.6 Å². The van der Waals surface area contributed by atoms with E-state index in [2.05, 4.69) is 15.1 Å². The van der Waals surface area contributed by atoms with E-state index >= 15 is 0 Å². The van der Waals surface area contributed by atoms with Crippen LogP contribution in [0.4, 0.5) is 0 Å². The third kappa shape index (κ3) is 3.96. The SMILES string of the molecule is COCCN(C[C@H]1CCCN2CCCC[C@H]12)C(=O)c1[nH]nc2c1COc1ccccc1-2. The highest BCUT2D eigenvalue weighted by Gasteiger charge is 2.36. The molecule has 2 fully saturated rings. The number of H-pyrrole nitrogens is 1. The zero-order valence-corrected chi connectivity index (χ0v) is 18.3. The van der Waals surface area contributed by atoms with Gasteiger partial charge in [0, 0.05) is 37.4 Å². The van der Waals surface area contributed by atoms with Crippen LogP contribution in [0.15, 0.2) is 24.3 Å². The molecule has 0 spiro atoms. The van der Waals surface area contributed by atoms with Crippen LogP contribution in [0.2, 0.25) is 0 Å². The fourth-order valence-electron chi connectivity index (χ4n) is 5.55. The standard InChI is InChI=1S/C24H32N4O3/c1-30-14-13-28(15-17-7-6-12-27-11-5-4-9-20(17)27)24(29)23-19-16-31-21-10-3-2-8-18(21)22(19)25-26-23/h2-3,8,10,17,20H,4-7,9,11-16H2,1H3,(H,25,26)/t17-,20-/m1/s1. The van der Waals surface area contributed by atoms with Gasteiger partial charge in [0.2, 0.25) is 0 Å². The van der Waals surface area contributed by atoms with E-state index < -0.39 is 0 Å². The molecular formula is C24H32N4O3. The average Bonchev–Trinajstić information content (AvgIpc) is 3.26. The zero-order valence-electron chi connectivity index (χ0n) is 18.3. The number of hydrogen-bond acceptors (Lipinski definition) is 5. The smallest absolute Gasteiger partial charge is 0.272 e. The molecule has 3 aliphatic rings. The predicted octanol–water partition coefficient (Wildman–Crippen LogP) is 3.32. The minimum absolute atomic E-state index is 0.00159. The summed E-state index contributed by atoms with van der Waals surface area (Å²) in [7, 11) is 1.69. The van der Waals surface area contributed by atoms with Gasteiger partial charge in [0.05, 0.1) is 6.61 Å². The minimum atomic E-state index is 0.00159. The third-order valence-corrected chi connectivity index (χ3v) is 7.13. The first-order valence-electron chi connectivity index (χ1n) is 11.6. The van der Waals surface area contributed by atoms with Crippen LogP contribution < -0.4 is 4.74 Å². The molecule has 2 atom stereocenters. The molecule has 1 N–H and O–H groups in total. The highest BCUT2D eigenvalue weighted by Crippen LogP contribution is 2.37. The van der Waals surface area contributed by atoms with Gasteiger partial charge in [0.1, 0.15) is 23.7 Å². The largest absolute Gasteiger partial charge is 0.488 e. The number of piperidine rings is 2. The summed E-state index contributed by atoms with van der Waals surface area (Å²) in [5, 5.41) is 7.54. The number of benzene rings is 1. The van der Waals surface area contributed by atoms with Crippen LogP contribution in [0, 0.1) is 5.92 Å². The molecule has 0 bridgehead atoms. The first kappa shape index (κ1) is 20.5. The van der Waals surface area contributed by atoms with E-state index in [-0.39, 0.29) is 5.91 Å². The van der Waals surface area contributed by atoms with Crippen LogP contribution in [0.25, 0.3) is 11.3 Å². The Labute approximate surface area is 183 Å². The lowest BCUT2D eigenvalue weighted by atomic mass is 9.83. The number of hydrogen-bond donors (Lipinski definition) is 1. The number of rotatable bonds is 6. The Morgan fingerprint density at radius 1 is 1.26 bits per heavy atom. The van der Waals surface area contributed by atoms with Gasteiger partial charge in [0.15, 0.2) is 0 Å². The van der Waals surface area contributed by atoms with Crippen LogP contribution in [-0.2, 0) is 11.3 Å². The van der Waals surface area contributed by atoms with Crippen LogP contribution in [0.5, 0.6) is 5.75 Å². The number of nitrogens with zero attached hydrogens (tertiary/aromatic N) is 3. The van der Waals surface area contributed by atoms with Crippen molar-refractivity contribution in [3.63, 3.8) is 0 Å². The topological polar surface area (TPSA) is 70.7 Å². The molecule has 0 unspecified atom stereocenters. The maximum absolute atomic E-state index is 13.7. The van der Waals surface area contributed by atoms with Crippen molar-refractivity contribution >= 4 is 5.91 Å². The van der Waals surface area contributed by atoms with Gasteiger partial charge in [-0.25, -0.2) is 0 Å². The Bertz CT molecular complexity index is 925. The summed E-state index contributed by atoms with van der Waals surface area (Å²) >= 11 is 0. The van der Waals surface area contributed by atoms with Gasteiger partial charge in [-0.05, 0) is 56.8 Å². The highest BCUT2D eigenvalue weighted by atomic mass is 16.5. The molecule has 0 saturated carbocycles. The molecule has 2 aromatic rings. The summed E-state index contributed by atoms with van der Waals surface area (Å²) < 4.78 is 11.3. The van der Waals surface area contributed by atoms with Crippen molar-refractivity contribution in [1.82, 2.24) is 20.0 Å². The molecule has 31 heavy (non-hydrogen) atoms. The van der Waals surface area contributed by atoms with Gasteiger partial charge in [-0.15, -0.1) is 0 Å². The Morgan fingerprint density at radius 3 is 3.03 bits per heavy atom. The van der Waals surface area contributed by atoms with Crippen molar-refractivity contribution in [2.24, 2.45) is 5.92 Å². The van der Waals surface area contributed by atoms with E-state index in [0.717, 1.165) is 29.1 Å². The van der Waals surface area contributed by atoms with Crippen molar-refractivity contribution in [3.05, 3.63) is 35.5 Å². The number of amides is 1. The van der Waals surface area contributed by atoms with Crippen LogP contribution in [0.1, 0.15) is 48.2 Å². The summed E-state index contributed by atoms with van der Waals surface area (Å²) in [5.41, 5.74) is 3.17. The van der Waals surface area contributed by atoms with Gasteiger partial charge in [-0.2, -0.15) is 5.10 Å². The Kier molecular flexibility index (Phi) is 5.96. The summed E-state index contributed by atoms with van der Waals surface area (Å²) in [4.78, 5) is 18.3. The summed E-state index contributed by atoms with van der Waals surface area (Å²) in [5.74, 6) is 1.34. The Balaban J connectivity index is 1.38. The summed E-state index contributed by atoms with van der Waals surface area (Å²) in [6.45, 7) is 4.67. The predicted molar refractivity (Wildman–Crippen MR) is 118 cm³/mol. The van der Waals surface area contributed by atoms with Gasteiger partial charge >= 0.3 is 0 Å². The highest BCUT2D eigenvalue weighted by molar-refractivity contribution is 5.96. The number of aromatic amines is 1. The molecule has 7 nitrogen and oxygen atoms in total. The number of ether oxygens (including phenoxy) is 2. The normalized spacial score (nSPS) is 22.7. The molecule has 1 amide bonds. The van der Waals surface area contributed by atoms with Gasteiger partial charge < -0.3 is 19.3 Å². The molecule has 0 aliphatic carbocycles. The maximum Gasteiger partial charge on any atom is 0.272 e. The van der Waals surface area contributed by atoms with Gasteiger partial charge in [-0.3, -0.25) is 9.89 Å². The summed E-state index contributed by atoms with van der Waals surface area (Å²) in [6, 6.07) is 8.46.